The van der Waals surface area contributed by atoms with Crippen LogP contribution in [0.1, 0.15) is 34.5 Å². The van der Waals surface area contributed by atoms with Crippen molar-refractivity contribution in [1.29, 1.82) is 0 Å². The molecule has 4 aromatic rings. The van der Waals surface area contributed by atoms with Crippen LogP contribution in [0.4, 0.5) is 0 Å². The van der Waals surface area contributed by atoms with E-state index in [9.17, 15) is 4.79 Å². The smallest absolute Gasteiger partial charge is 0.273 e. The largest absolute Gasteiger partial charge is 0.497 e. The Balaban J connectivity index is 1.26. The van der Waals surface area contributed by atoms with Gasteiger partial charge in [0, 0.05) is 23.5 Å². The molecule has 0 spiro atoms. The minimum absolute atomic E-state index is 0.0244. The Labute approximate surface area is 205 Å². The standard InChI is InChI=1S/C29H28N2O4/c1-33-25-14-16-28(34-2)22(17-25)19-35-24-12-7-20(8-13-24)18-31(23-10-11-23)29(32)27-15-9-21-5-3-4-6-26(21)30-27/h3-9,12-17,23H,10-11,18-19H2,1-2H3. The van der Waals surface area contributed by atoms with E-state index < -0.39 is 0 Å². The van der Waals surface area contributed by atoms with Crippen molar-refractivity contribution in [2.24, 2.45) is 0 Å². The Morgan fingerprint density at radius 3 is 2.43 bits per heavy atom. The van der Waals surface area contributed by atoms with Gasteiger partial charge in [-0.3, -0.25) is 4.79 Å². The lowest BCUT2D eigenvalue weighted by atomic mass is 10.1. The van der Waals surface area contributed by atoms with Gasteiger partial charge in [-0.1, -0.05) is 36.4 Å². The van der Waals surface area contributed by atoms with Crippen molar-refractivity contribution in [2.75, 3.05) is 14.2 Å². The highest BCUT2D eigenvalue weighted by atomic mass is 16.5. The second-order valence-electron chi connectivity index (χ2n) is 8.66. The number of hydrogen-bond donors (Lipinski definition) is 0. The molecule has 1 saturated carbocycles. The molecule has 6 heteroatoms. The first kappa shape index (κ1) is 22.7. The van der Waals surface area contributed by atoms with Crippen LogP contribution in [0.2, 0.25) is 0 Å². The van der Waals surface area contributed by atoms with Crippen molar-refractivity contribution >= 4 is 16.8 Å². The van der Waals surface area contributed by atoms with E-state index in [-0.39, 0.29) is 11.9 Å². The molecular formula is C29H28N2O4. The number of amides is 1. The minimum Gasteiger partial charge on any atom is -0.497 e. The van der Waals surface area contributed by atoms with E-state index in [4.69, 9.17) is 14.2 Å². The maximum absolute atomic E-state index is 13.3. The SMILES string of the molecule is COc1ccc(OC)c(COc2ccc(CN(C(=O)c3ccc4ccccc4n3)C3CC3)cc2)c1. The van der Waals surface area contributed by atoms with Crippen molar-refractivity contribution in [3.05, 3.63) is 95.7 Å². The van der Waals surface area contributed by atoms with Gasteiger partial charge in [0.1, 0.15) is 29.5 Å². The molecular weight excluding hydrogens is 440 g/mol. The molecule has 0 unspecified atom stereocenters. The average Bonchev–Trinajstić information content (AvgIpc) is 3.76. The van der Waals surface area contributed by atoms with E-state index in [1.54, 1.807) is 14.2 Å². The number of carbonyl (C=O) groups is 1. The molecule has 5 rings (SSSR count). The molecule has 0 aliphatic heterocycles. The first-order valence-corrected chi connectivity index (χ1v) is 11.7. The summed E-state index contributed by atoms with van der Waals surface area (Å²) in [5, 5.41) is 1.03. The molecule has 0 saturated heterocycles. The van der Waals surface area contributed by atoms with Crippen molar-refractivity contribution in [2.45, 2.75) is 32.0 Å². The van der Waals surface area contributed by atoms with Crippen LogP contribution in [0.15, 0.2) is 78.9 Å². The van der Waals surface area contributed by atoms with Crippen LogP contribution in [-0.2, 0) is 13.2 Å². The fourth-order valence-corrected chi connectivity index (χ4v) is 4.13. The summed E-state index contributed by atoms with van der Waals surface area (Å²) < 4.78 is 16.7. The van der Waals surface area contributed by atoms with Crippen LogP contribution in [0.3, 0.4) is 0 Å². The van der Waals surface area contributed by atoms with Crippen molar-refractivity contribution < 1.29 is 19.0 Å². The van der Waals surface area contributed by atoms with Crippen molar-refractivity contribution in [3.8, 4) is 17.2 Å². The fraction of sp³-hybridized carbons (Fsp3) is 0.241. The van der Waals surface area contributed by atoms with Crippen LogP contribution in [0, 0.1) is 0 Å². The summed E-state index contributed by atoms with van der Waals surface area (Å²) in [6.07, 6.45) is 2.06. The Kier molecular flexibility index (Phi) is 6.53. The molecule has 6 nitrogen and oxygen atoms in total. The highest BCUT2D eigenvalue weighted by Crippen LogP contribution is 2.31. The van der Waals surface area contributed by atoms with Gasteiger partial charge < -0.3 is 19.1 Å². The number of para-hydroxylation sites is 1. The molecule has 1 heterocycles. The predicted molar refractivity (Wildman–Crippen MR) is 135 cm³/mol. The number of fused-ring (bicyclic) bond motifs is 1. The number of rotatable bonds is 9. The molecule has 1 fully saturated rings. The van der Waals surface area contributed by atoms with E-state index in [1.165, 1.54) is 0 Å². The van der Waals surface area contributed by atoms with Gasteiger partial charge >= 0.3 is 0 Å². The molecule has 1 aliphatic rings. The number of ether oxygens (including phenoxy) is 3. The van der Waals surface area contributed by atoms with E-state index >= 15 is 0 Å². The fourth-order valence-electron chi connectivity index (χ4n) is 4.13. The third-order valence-electron chi connectivity index (χ3n) is 6.22. The lowest BCUT2D eigenvalue weighted by molar-refractivity contribution is 0.0724. The quantitative estimate of drug-likeness (QED) is 0.318. The number of nitrogens with zero attached hydrogens (tertiary/aromatic N) is 2. The maximum atomic E-state index is 13.3. The Bertz CT molecular complexity index is 1330. The molecule has 0 N–H and O–H groups in total. The van der Waals surface area contributed by atoms with Gasteiger partial charge in [-0.05, 0) is 60.9 Å². The summed E-state index contributed by atoms with van der Waals surface area (Å²) in [7, 11) is 3.28. The monoisotopic (exact) mass is 468 g/mol. The number of benzene rings is 3. The third kappa shape index (κ3) is 5.22. The highest BCUT2D eigenvalue weighted by Gasteiger charge is 2.33. The van der Waals surface area contributed by atoms with Gasteiger partial charge in [-0.2, -0.15) is 0 Å². The van der Waals surface area contributed by atoms with Crippen LogP contribution in [0.5, 0.6) is 17.2 Å². The maximum Gasteiger partial charge on any atom is 0.273 e. The van der Waals surface area contributed by atoms with Crippen molar-refractivity contribution in [3.63, 3.8) is 0 Å². The summed E-state index contributed by atoms with van der Waals surface area (Å²) in [4.78, 5) is 19.9. The zero-order chi connectivity index (χ0) is 24.2. The summed E-state index contributed by atoms with van der Waals surface area (Å²) >= 11 is 0. The molecule has 0 radical (unpaired) electrons. The van der Waals surface area contributed by atoms with E-state index in [2.05, 4.69) is 4.98 Å². The number of pyridine rings is 1. The van der Waals surface area contributed by atoms with Crippen LogP contribution in [0.25, 0.3) is 10.9 Å². The summed E-state index contributed by atoms with van der Waals surface area (Å²) in [5.74, 6) is 2.23. The summed E-state index contributed by atoms with van der Waals surface area (Å²) in [5.41, 5.74) is 3.28. The first-order valence-electron chi connectivity index (χ1n) is 11.7. The predicted octanol–water partition coefficient (Wildman–Crippen LogP) is 5.64. The van der Waals surface area contributed by atoms with E-state index in [0.717, 1.165) is 52.1 Å². The number of carbonyl (C=O) groups excluding carboxylic acids is 1. The van der Waals surface area contributed by atoms with Gasteiger partial charge in [0.05, 0.1) is 19.7 Å². The number of aromatic nitrogens is 1. The second-order valence-corrected chi connectivity index (χ2v) is 8.66. The van der Waals surface area contributed by atoms with Crippen LogP contribution >= 0.6 is 0 Å². The lowest BCUT2D eigenvalue weighted by Gasteiger charge is -2.22. The zero-order valence-electron chi connectivity index (χ0n) is 19.9. The minimum atomic E-state index is -0.0244. The number of hydrogen-bond acceptors (Lipinski definition) is 5. The second kappa shape index (κ2) is 10.1. The third-order valence-corrected chi connectivity index (χ3v) is 6.22. The molecule has 35 heavy (non-hydrogen) atoms. The van der Waals surface area contributed by atoms with Crippen molar-refractivity contribution in [1.82, 2.24) is 9.88 Å². The van der Waals surface area contributed by atoms with Crippen LogP contribution in [-0.4, -0.2) is 36.1 Å². The lowest BCUT2D eigenvalue weighted by Crippen LogP contribution is -2.33. The molecule has 1 aromatic heterocycles. The van der Waals surface area contributed by atoms with Gasteiger partial charge in [0.2, 0.25) is 0 Å². The zero-order valence-corrected chi connectivity index (χ0v) is 19.9. The Morgan fingerprint density at radius 2 is 1.69 bits per heavy atom. The van der Waals surface area contributed by atoms with Gasteiger partial charge in [-0.15, -0.1) is 0 Å². The average molecular weight is 469 g/mol. The summed E-state index contributed by atoms with van der Waals surface area (Å²) in [6, 6.07) is 25.4. The molecule has 1 amide bonds. The van der Waals surface area contributed by atoms with Crippen LogP contribution < -0.4 is 14.2 Å². The first-order chi connectivity index (χ1) is 17.1. The molecule has 3 aromatic carbocycles. The molecule has 0 bridgehead atoms. The Hall–Kier alpha value is -4.06. The normalized spacial score (nSPS) is 12.9. The molecule has 0 atom stereocenters. The van der Waals surface area contributed by atoms with Gasteiger partial charge in [0.15, 0.2) is 0 Å². The van der Waals surface area contributed by atoms with Gasteiger partial charge in [-0.25, -0.2) is 4.98 Å². The number of methoxy groups -OCH3 is 2. The van der Waals surface area contributed by atoms with E-state index in [0.29, 0.717) is 18.8 Å². The molecule has 1 aliphatic carbocycles. The molecule has 178 valence electrons. The highest BCUT2D eigenvalue weighted by molar-refractivity contribution is 5.95. The van der Waals surface area contributed by atoms with Gasteiger partial charge in [0.25, 0.3) is 5.91 Å². The topological polar surface area (TPSA) is 60.9 Å². The Morgan fingerprint density at radius 1 is 0.914 bits per heavy atom. The summed E-state index contributed by atoms with van der Waals surface area (Å²) in [6.45, 7) is 0.905. The van der Waals surface area contributed by atoms with E-state index in [1.807, 2.05) is 83.8 Å².